The van der Waals surface area contributed by atoms with Crippen LogP contribution in [0.5, 0.6) is 0 Å². The monoisotopic (exact) mass is 214 g/mol. The molecule has 0 N–H and O–H groups in total. The first-order valence-electron chi connectivity index (χ1n) is 5.83. The van der Waals surface area contributed by atoms with E-state index in [-0.39, 0.29) is 0 Å². The molecule has 0 heterocycles. The smallest absolute Gasteiger partial charge is 0.101 e. The van der Waals surface area contributed by atoms with E-state index < -0.39 is 0 Å². The molecule has 2 rings (SSSR count). The Morgan fingerprint density at radius 2 is 2.19 bits per heavy atom. The molecule has 2 atom stereocenters. The van der Waals surface area contributed by atoms with Crippen molar-refractivity contribution in [2.24, 2.45) is 11.8 Å². The quantitative estimate of drug-likeness (QED) is 0.773. The Balaban J connectivity index is 2.16. The van der Waals surface area contributed by atoms with Crippen molar-refractivity contribution in [3.8, 4) is 6.07 Å². The first kappa shape index (κ1) is 11.0. The fourth-order valence-corrected chi connectivity index (χ4v) is 2.18. The maximum absolute atomic E-state index is 9.12. The molecule has 2 nitrogen and oxygen atoms in total. The second-order valence-electron chi connectivity index (χ2n) is 4.99. The minimum absolute atomic E-state index is 0.788. The summed E-state index contributed by atoms with van der Waals surface area (Å²) in [4.78, 5) is 2.21. The third-order valence-corrected chi connectivity index (χ3v) is 3.47. The molecule has 2 heteroatoms. The number of anilines is 1. The summed E-state index contributed by atoms with van der Waals surface area (Å²) in [6.07, 6.45) is 1.33. The predicted octanol–water partition coefficient (Wildman–Crippen LogP) is 2.96. The molecule has 84 valence electrons. The second-order valence-corrected chi connectivity index (χ2v) is 4.99. The number of nitriles is 1. The molecule has 1 aromatic carbocycles. The van der Waals surface area contributed by atoms with Crippen LogP contribution >= 0.6 is 0 Å². The van der Waals surface area contributed by atoms with E-state index in [1.165, 1.54) is 6.42 Å². The van der Waals surface area contributed by atoms with Crippen molar-refractivity contribution in [2.75, 3.05) is 18.5 Å². The number of rotatable bonds is 3. The summed E-state index contributed by atoms with van der Waals surface area (Å²) in [5.41, 5.74) is 3.00. The Morgan fingerprint density at radius 1 is 1.50 bits per heavy atom. The Hall–Kier alpha value is -1.49. The molecule has 2 unspecified atom stereocenters. The molecule has 1 aromatic rings. The second kappa shape index (κ2) is 4.17. The normalized spacial score (nSPS) is 22.6. The number of benzene rings is 1. The number of hydrogen-bond acceptors (Lipinski definition) is 2. The molecule has 16 heavy (non-hydrogen) atoms. The highest BCUT2D eigenvalue weighted by Gasteiger charge is 2.33. The summed E-state index contributed by atoms with van der Waals surface area (Å²) in [6, 6.07) is 8.37. The largest absolute Gasteiger partial charge is 0.373 e. The highest BCUT2D eigenvalue weighted by Crippen LogP contribution is 2.39. The first-order chi connectivity index (χ1) is 7.61. The van der Waals surface area contributed by atoms with Crippen LogP contribution in [-0.2, 0) is 0 Å². The van der Waals surface area contributed by atoms with Gasteiger partial charge < -0.3 is 4.90 Å². The Labute approximate surface area is 97.5 Å². The van der Waals surface area contributed by atoms with Gasteiger partial charge in [-0.25, -0.2) is 0 Å². The van der Waals surface area contributed by atoms with Crippen molar-refractivity contribution >= 4 is 5.69 Å². The minimum Gasteiger partial charge on any atom is -0.373 e. The first-order valence-corrected chi connectivity index (χ1v) is 5.83. The van der Waals surface area contributed by atoms with E-state index in [0.29, 0.717) is 0 Å². The molecule has 0 bridgehead atoms. The van der Waals surface area contributed by atoms with Gasteiger partial charge in [-0.05, 0) is 42.9 Å². The number of hydrogen-bond donors (Lipinski definition) is 0. The van der Waals surface area contributed by atoms with Crippen LogP contribution in [0.25, 0.3) is 0 Å². The van der Waals surface area contributed by atoms with Crippen LogP contribution in [0.1, 0.15) is 24.5 Å². The average molecular weight is 214 g/mol. The van der Waals surface area contributed by atoms with Gasteiger partial charge in [-0.1, -0.05) is 13.0 Å². The van der Waals surface area contributed by atoms with Gasteiger partial charge in [0.05, 0.1) is 11.3 Å². The summed E-state index contributed by atoms with van der Waals surface area (Å²) < 4.78 is 0. The fourth-order valence-electron chi connectivity index (χ4n) is 2.18. The zero-order chi connectivity index (χ0) is 11.7. The van der Waals surface area contributed by atoms with Gasteiger partial charge in [-0.2, -0.15) is 5.26 Å². The summed E-state index contributed by atoms with van der Waals surface area (Å²) >= 11 is 0. The molecule has 1 fully saturated rings. The van der Waals surface area contributed by atoms with E-state index in [9.17, 15) is 0 Å². The molecular formula is C14H18N2. The van der Waals surface area contributed by atoms with Crippen LogP contribution in [-0.4, -0.2) is 13.6 Å². The Kier molecular flexibility index (Phi) is 2.87. The maximum atomic E-state index is 9.12. The van der Waals surface area contributed by atoms with Crippen molar-refractivity contribution < 1.29 is 0 Å². The SMILES string of the molecule is Cc1ccc(N(C)CC2CC2C)c(C#N)c1. The third kappa shape index (κ3) is 2.19. The van der Waals surface area contributed by atoms with Gasteiger partial charge in [0.2, 0.25) is 0 Å². The van der Waals surface area contributed by atoms with E-state index >= 15 is 0 Å². The van der Waals surface area contributed by atoms with Gasteiger partial charge in [0.15, 0.2) is 0 Å². The molecule has 1 aliphatic rings. The van der Waals surface area contributed by atoms with Crippen LogP contribution < -0.4 is 4.90 Å². The van der Waals surface area contributed by atoms with Gasteiger partial charge in [-0.15, -0.1) is 0 Å². The van der Waals surface area contributed by atoms with Crippen molar-refractivity contribution in [2.45, 2.75) is 20.3 Å². The lowest BCUT2D eigenvalue weighted by Gasteiger charge is -2.20. The fraction of sp³-hybridized carbons (Fsp3) is 0.500. The Morgan fingerprint density at radius 3 is 2.75 bits per heavy atom. The van der Waals surface area contributed by atoms with Crippen molar-refractivity contribution in [1.29, 1.82) is 5.26 Å². The standard InChI is InChI=1S/C14H18N2/c1-10-4-5-14(12(6-10)8-15)16(3)9-13-7-11(13)2/h4-6,11,13H,7,9H2,1-3H3. The van der Waals surface area contributed by atoms with Crippen molar-refractivity contribution in [1.82, 2.24) is 0 Å². The summed E-state index contributed by atoms with van der Waals surface area (Å²) in [6.45, 7) is 5.38. The third-order valence-electron chi connectivity index (χ3n) is 3.47. The molecule has 1 aliphatic carbocycles. The summed E-state index contributed by atoms with van der Waals surface area (Å²) in [5.74, 6) is 1.68. The van der Waals surface area contributed by atoms with Crippen LogP contribution in [0.15, 0.2) is 18.2 Å². The molecule has 0 saturated heterocycles. The summed E-state index contributed by atoms with van der Waals surface area (Å²) in [7, 11) is 2.08. The van der Waals surface area contributed by atoms with Crippen LogP contribution in [0.2, 0.25) is 0 Å². The van der Waals surface area contributed by atoms with Crippen molar-refractivity contribution in [3.63, 3.8) is 0 Å². The summed E-state index contributed by atoms with van der Waals surface area (Å²) in [5, 5.41) is 9.12. The minimum atomic E-state index is 0.788. The van der Waals surface area contributed by atoms with E-state index in [1.54, 1.807) is 0 Å². The van der Waals surface area contributed by atoms with E-state index in [2.05, 4.69) is 37.1 Å². The molecule has 0 amide bonds. The molecule has 0 aliphatic heterocycles. The topological polar surface area (TPSA) is 27.0 Å². The zero-order valence-corrected chi connectivity index (χ0v) is 10.2. The predicted molar refractivity (Wildman–Crippen MR) is 66.4 cm³/mol. The van der Waals surface area contributed by atoms with Gasteiger partial charge in [0, 0.05) is 13.6 Å². The van der Waals surface area contributed by atoms with E-state index in [4.69, 9.17) is 5.26 Å². The molecule has 0 radical (unpaired) electrons. The molecular weight excluding hydrogens is 196 g/mol. The highest BCUT2D eigenvalue weighted by atomic mass is 15.1. The van der Waals surface area contributed by atoms with Gasteiger partial charge >= 0.3 is 0 Å². The van der Waals surface area contributed by atoms with Crippen LogP contribution in [0.4, 0.5) is 5.69 Å². The lowest BCUT2D eigenvalue weighted by Crippen LogP contribution is -2.21. The van der Waals surface area contributed by atoms with Crippen molar-refractivity contribution in [3.05, 3.63) is 29.3 Å². The zero-order valence-electron chi connectivity index (χ0n) is 10.2. The molecule has 1 saturated carbocycles. The molecule has 0 spiro atoms. The van der Waals surface area contributed by atoms with Gasteiger partial charge in [-0.3, -0.25) is 0 Å². The van der Waals surface area contributed by atoms with Crippen LogP contribution in [0.3, 0.4) is 0 Å². The Bertz CT molecular complexity index is 431. The number of aryl methyl sites for hydroxylation is 1. The lowest BCUT2D eigenvalue weighted by molar-refractivity contribution is 0.725. The molecule has 0 aromatic heterocycles. The lowest BCUT2D eigenvalue weighted by atomic mass is 10.1. The van der Waals surface area contributed by atoms with Gasteiger partial charge in [0.25, 0.3) is 0 Å². The van der Waals surface area contributed by atoms with E-state index in [0.717, 1.165) is 35.2 Å². The van der Waals surface area contributed by atoms with E-state index in [1.807, 2.05) is 13.0 Å². The van der Waals surface area contributed by atoms with Gasteiger partial charge in [0.1, 0.15) is 6.07 Å². The maximum Gasteiger partial charge on any atom is 0.101 e. The number of nitrogens with zero attached hydrogens (tertiary/aromatic N) is 2. The highest BCUT2D eigenvalue weighted by molar-refractivity contribution is 5.60. The van der Waals surface area contributed by atoms with Crippen LogP contribution in [0, 0.1) is 30.1 Å². The average Bonchev–Trinajstić information content (AvgIpc) is 2.93.